The molecule has 0 heterocycles. The number of halogens is 1. The number of hydrogen-bond acceptors (Lipinski definition) is 1. The van der Waals surface area contributed by atoms with Crippen LogP contribution >= 0.6 is 11.6 Å². The third kappa shape index (κ3) is 5.19. The molecule has 0 radical (unpaired) electrons. The molecule has 1 aromatic carbocycles. The van der Waals surface area contributed by atoms with Crippen LogP contribution in [0.3, 0.4) is 0 Å². The van der Waals surface area contributed by atoms with Crippen LogP contribution in [0.1, 0.15) is 36.6 Å². The average Bonchev–Trinajstić information content (AvgIpc) is 2.30. The lowest BCUT2D eigenvalue weighted by Crippen LogP contribution is -1.92. The molecule has 84 valence electrons. The Morgan fingerprint density at radius 3 is 2.53 bits per heavy atom. The van der Waals surface area contributed by atoms with Crippen molar-refractivity contribution in [2.45, 2.75) is 31.1 Å². The van der Waals surface area contributed by atoms with Gasteiger partial charge in [-0.3, -0.25) is 0 Å². The van der Waals surface area contributed by atoms with Crippen LogP contribution in [0, 0.1) is 0 Å². The predicted molar refractivity (Wildman–Crippen MR) is 65.4 cm³/mol. The molecule has 0 bridgehead atoms. The third-order valence-corrected chi connectivity index (χ3v) is 2.94. The van der Waals surface area contributed by atoms with Gasteiger partial charge in [0, 0.05) is 13.7 Å². The maximum absolute atomic E-state index is 6.29. The molecular formula is C13H19ClO. The quantitative estimate of drug-likeness (QED) is 0.501. The maximum atomic E-state index is 6.29. The van der Waals surface area contributed by atoms with Crippen LogP contribution in [0.5, 0.6) is 0 Å². The minimum atomic E-state index is 0.161. The average molecular weight is 227 g/mol. The summed E-state index contributed by atoms with van der Waals surface area (Å²) in [5.41, 5.74) is 1.23. The van der Waals surface area contributed by atoms with Gasteiger partial charge in [0.1, 0.15) is 0 Å². The molecule has 1 nitrogen and oxygen atoms in total. The van der Waals surface area contributed by atoms with Gasteiger partial charge < -0.3 is 4.74 Å². The van der Waals surface area contributed by atoms with E-state index in [1.54, 1.807) is 7.11 Å². The van der Waals surface area contributed by atoms with E-state index in [4.69, 9.17) is 16.3 Å². The van der Waals surface area contributed by atoms with Gasteiger partial charge in [0.05, 0.1) is 5.38 Å². The Balaban J connectivity index is 2.16. The highest BCUT2D eigenvalue weighted by atomic mass is 35.5. The second-order valence-corrected chi connectivity index (χ2v) is 4.25. The Morgan fingerprint density at radius 1 is 1.13 bits per heavy atom. The van der Waals surface area contributed by atoms with E-state index in [1.165, 1.54) is 18.4 Å². The molecule has 0 aliphatic heterocycles. The second kappa shape index (κ2) is 7.72. The molecule has 0 aromatic heterocycles. The van der Waals surface area contributed by atoms with E-state index in [9.17, 15) is 0 Å². The summed E-state index contributed by atoms with van der Waals surface area (Å²) >= 11 is 6.29. The summed E-state index contributed by atoms with van der Waals surface area (Å²) in [6.07, 6.45) is 4.56. The van der Waals surface area contributed by atoms with Crippen molar-refractivity contribution in [1.29, 1.82) is 0 Å². The van der Waals surface area contributed by atoms with Crippen molar-refractivity contribution < 1.29 is 4.74 Å². The molecule has 0 amide bonds. The van der Waals surface area contributed by atoms with Gasteiger partial charge in [-0.1, -0.05) is 43.2 Å². The van der Waals surface area contributed by atoms with Crippen LogP contribution in [0.4, 0.5) is 0 Å². The van der Waals surface area contributed by atoms with Gasteiger partial charge in [0.2, 0.25) is 0 Å². The summed E-state index contributed by atoms with van der Waals surface area (Å²) in [5.74, 6) is 0. The number of ether oxygens (including phenoxy) is 1. The zero-order valence-corrected chi connectivity index (χ0v) is 10.0. The SMILES string of the molecule is COCCCCCC(Cl)c1ccccc1. The summed E-state index contributed by atoms with van der Waals surface area (Å²) in [7, 11) is 1.74. The maximum Gasteiger partial charge on any atom is 0.0585 e. The standard InChI is InChI=1S/C13H19ClO/c1-15-11-7-3-6-10-13(14)12-8-4-2-5-9-12/h2,4-5,8-9,13H,3,6-7,10-11H2,1H3. The molecule has 0 aliphatic rings. The van der Waals surface area contributed by atoms with Gasteiger partial charge in [-0.05, 0) is 18.4 Å². The Hall–Kier alpha value is -0.530. The van der Waals surface area contributed by atoms with E-state index in [2.05, 4.69) is 12.1 Å². The van der Waals surface area contributed by atoms with Gasteiger partial charge in [-0.15, -0.1) is 11.6 Å². The molecule has 15 heavy (non-hydrogen) atoms. The third-order valence-electron chi connectivity index (χ3n) is 2.47. The molecule has 0 N–H and O–H groups in total. The highest BCUT2D eigenvalue weighted by Crippen LogP contribution is 2.25. The fraction of sp³-hybridized carbons (Fsp3) is 0.538. The largest absolute Gasteiger partial charge is 0.385 e. The molecule has 0 saturated heterocycles. The molecule has 0 spiro atoms. The molecule has 0 saturated carbocycles. The van der Waals surface area contributed by atoms with Crippen molar-refractivity contribution in [3.8, 4) is 0 Å². The Kier molecular flexibility index (Phi) is 6.45. The number of methoxy groups -OCH3 is 1. The fourth-order valence-corrected chi connectivity index (χ4v) is 1.88. The number of rotatable bonds is 7. The van der Waals surface area contributed by atoms with Crippen molar-refractivity contribution >= 4 is 11.6 Å². The predicted octanol–water partition coefficient (Wildman–Crippen LogP) is 4.17. The number of unbranched alkanes of at least 4 members (excludes halogenated alkanes) is 2. The van der Waals surface area contributed by atoms with Crippen molar-refractivity contribution in [2.24, 2.45) is 0 Å². The van der Waals surface area contributed by atoms with Crippen molar-refractivity contribution in [1.82, 2.24) is 0 Å². The molecule has 1 atom stereocenters. The first-order valence-electron chi connectivity index (χ1n) is 5.52. The summed E-state index contributed by atoms with van der Waals surface area (Å²) in [6.45, 7) is 0.859. The monoisotopic (exact) mass is 226 g/mol. The zero-order chi connectivity index (χ0) is 10.9. The van der Waals surface area contributed by atoms with Crippen LogP contribution in [-0.2, 0) is 4.74 Å². The van der Waals surface area contributed by atoms with E-state index in [0.717, 1.165) is 19.4 Å². The molecule has 0 aliphatic carbocycles. The lowest BCUT2D eigenvalue weighted by Gasteiger charge is -2.09. The number of alkyl halides is 1. The number of benzene rings is 1. The van der Waals surface area contributed by atoms with Crippen molar-refractivity contribution in [3.63, 3.8) is 0 Å². The summed E-state index contributed by atoms with van der Waals surface area (Å²) < 4.78 is 5.00. The van der Waals surface area contributed by atoms with Crippen molar-refractivity contribution in [2.75, 3.05) is 13.7 Å². The van der Waals surface area contributed by atoms with Gasteiger partial charge in [0.15, 0.2) is 0 Å². The lowest BCUT2D eigenvalue weighted by molar-refractivity contribution is 0.192. The summed E-state index contributed by atoms with van der Waals surface area (Å²) in [5, 5.41) is 0.161. The van der Waals surface area contributed by atoms with E-state index >= 15 is 0 Å². The van der Waals surface area contributed by atoms with Crippen LogP contribution < -0.4 is 0 Å². The molecule has 1 unspecified atom stereocenters. The van der Waals surface area contributed by atoms with E-state index in [1.807, 2.05) is 18.2 Å². The first-order valence-corrected chi connectivity index (χ1v) is 5.96. The van der Waals surface area contributed by atoms with Gasteiger partial charge >= 0.3 is 0 Å². The van der Waals surface area contributed by atoms with Crippen LogP contribution in [0.15, 0.2) is 30.3 Å². The van der Waals surface area contributed by atoms with Gasteiger partial charge in [0.25, 0.3) is 0 Å². The highest BCUT2D eigenvalue weighted by Gasteiger charge is 2.05. The second-order valence-electron chi connectivity index (χ2n) is 3.72. The molecule has 1 rings (SSSR count). The first kappa shape index (κ1) is 12.5. The lowest BCUT2D eigenvalue weighted by atomic mass is 10.1. The zero-order valence-electron chi connectivity index (χ0n) is 9.29. The van der Waals surface area contributed by atoms with Crippen LogP contribution in [-0.4, -0.2) is 13.7 Å². The number of hydrogen-bond donors (Lipinski definition) is 0. The Bertz CT molecular complexity index is 248. The van der Waals surface area contributed by atoms with E-state index in [-0.39, 0.29) is 5.38 Å². The van der Waals surface area contributed by atoms with Gasteiger partial charge in [-0.2, -0.15) is 0 Å². The summed E-state index contributed by atoms with van der Waals surface area (Å²) in [4.78, 5) is 0. The van der Waals surface area contributed by atoms with Crippen LogP contribution in [0.25, 0.3) is 0 Å². The van der Waals surface area contributed by atoms with E-state index < -0.39 is 0 Å². The first-order chi connectivity index (χ1) is 7.34. The Labute approximate surface area is 97.4 Å². The molecule has 2 heteroatoms. The molecule has 1 aromatic rings. The molecular weight excluding hydrogens is 208 g/mol. The summed E-state index contributed by atoms with van der Waals surface area (Å²) in [6, 6.07) is 10.3. The fourth-order valence-electron chi connectivity index (χ4n) is 1.58. The minimum Gasteiger partial charge on any atom is -0.385 e. The van der Waals surface area contributed by atoms with Gasteiger partial charge in [-0.25, -0.2) is 0 Å². The highest BCUT2D eigenvalue weighted by molar-refractivity contribution is 6.20. The topological polar surface area (TPSA) is 9.23 Å². The molecule has 0 fully saturated rings. The smallest absolute Gasteiger partial charge is 0.0585 e. The Morgan fingerprint density at radius 2 is 1.87 bits per heavy atom. The van der Waals surface area contributed by atoms with Crippen LogP contribution in [0.2, 0.25) is 0 Å². The normalized spacial score (nSPS) is 12.7. The van der Waals surface area contributed by atoms with Crippen molar-refractivity contribution in [3.05, 3.63) is 35.9 Å². The van der Waals surface area contributed by atoms with E-state index in [0.29, 0.717) is 0 Å². The minimum absolute atomic E-state index is 0.161.